The SMILES string of the molecule is O=C(N[C@H]1c2ccccc2C[C@H]1O)c1cccc(-c2nn(C3CCCCO3)c3ccc(-c4ncn(C(c5ccccc5)(c5ccccc5)c5ccccc5)n4)cc23)c1. The fourth-order valence-electron chi connectivity index (χ4n) is 8.90. The Morgan fingerprint density at radius 3 is 2.10 bits per heavy atom. The lowest BCUT2D eigenvalue weighted by atomic mass is 9.77. The summed E-state index contributed by atoms with van der Waals surface area (Å²) in [6, 6.07) is 52.5. The van der Waals surface area contributed by atoms with Crippen molar-refractivity contribution in [1.82, 2.24) is 29.9 Å². The molecule has 8 aromatic rings. The number of rotatable bonds is 9. The number of nitrogens with zero attached hydrogens (tertiary/aromatic N) is 5. The van der Waals surface area contributed by atoms with Crippen LogP contribution in [0.1, 0.15) is 69.7 Å². The topological polar surface area (TPSA) is 107 Å². The Morgan fingerprint density at radius 1 is 0.724 bits per heavy atom. The smallest absolute Gasteiger partial charge is 0.251 e. The van der Waals surface area contributed by atoms with Gasteiger partial charge in [0.05, 0.1) is 17.7 Å². The Balaban J connectivity index is 1.07. The number of ether oxygens (including phenoxy) is 1. The zero-order chi connectivity index (χ0) is 39.1. The van der Waals surface area contributed by atoms with Gasteiger partial charge in [-0.05, 0) is 77.4 Å². The molecule has 1 aliphatic heterocycles. The van der Waals surface area contributed by atoms with Crippen LogP contribution in [0.5, 0.6) is 0 Å². The Kier molecular flexibility index (Phi) is 9.24. The van der Waals surface area contributed by atoms with Gasteiger partial charge in [-0.1, -0.05) is 127 Å². The molecule has 1 amide bonds. The van der Waals surface area contributed by atoms with Crippen molar-refractivity contribution in [3.63, 3.8) is 0 Å². The third-order valence-corrected chi connectivity index (χ3v) is 11.7. The van der Waals surface area contributed by atoms with Crippen LogP contribution in [0, 0.1) is 0 Å². The van der Waals surface area contributed by atoms with Crippen molar-refractivity contribution in [3.05, 3.63) is 197 Å². The van der Waals surface area contributed by atoms with Crippen molar-refractivity contribution >= 4 is 16.8 Å². The van der Waals surface area contributed by atoms with Crippen LogP contribution in [-0.2, 0) is 16.7 Å². The van der Waals surface area contributed by atoms with Gasteiger partial charge in [0.2, 0.25) is 0 Å². The van der Waals surface area contributed by atoms with Crippen LogP contribution in [0.3, 0.4) is 0 Å². The van der Waals surface area contributed by atoms with E-state index in [0.717, 1.165) is 74.8 Å². The van der Waals surface area contributed by atoms with Gasteiger partial charge in [-0.25, -0.2) is 14.3 Å². The largest absolute Gasteiger partial charge is 0.390 e. The van der Waals surface area contributed by atoms with Gasteiger partial charge in [-0.2, -0.15) is 5.10 Å². The number of benzene rings is 6. The van der Waals surface area contributed by atoms with E-state index in [1.165, 1.54) is 0 Å². The lowest BCUT2D eigenvalue weighted by Gasteiger charge is -2.35. The summed E-state index contributed by atoms with van der Waals surface area (Å²) in [6.07, 6.45) is 4.38. The third kappa shape index (κ3) is 6.20. The van der Waals surface area contributed by atoms with Gasteiger partial charge in [0, 0.05) is 35.1 Å². The number of carbonyl (C=O) groups is 1. The van der Waals surface area contributed by atoms with Gasteiger partial charge in [0.1, 0.15) is 17.6 Å². The minimum absolute atomic E-state index is 0.202. The summed E-state index contributed by atoms with van der Waals surface area (Å²) >= 11 is 0. The van der Waals surface area contributed by atoms with Crippen LogP contribution in [0.25, 0.3) is 33.5 Å². The molecule has 9 nitrogen and oxygen atoms in total. The first-order chi connectivity index (χ1) is 28.6. The summed E-state index contributed by atoms with van der Waals surface area (Å²) in [5.74, 6) is 0.321. The zero-order valence-corrected chi connectivity index (χ0v) is 31.9. The number of hydrogen-bond donors (Lipinski definition) is 2. The first-order valence-electron chi connectivity index (χ1n) is 20.0. The second-order valence-corrected chi connectivity index (χ2v) is 15.2. The molecule has 0 spiro atoms. The average molecular weight is 763 g/mol. The van der Waals surface area contributed by atoms with Gasteiger partial charge in [0.15, 0.2) is 12.1 Å². The molecule has 1 saturated heterocycles. The fraction of sp³-hybridized carbons (Fsp3) is 0.184. The predicted octanol–water partition coefficient (Wildman–Crippen LogP) is 8.89. The maximum Gasteiger partial charge on any atom is 0.251 e. The summed E-state index contributed by atoms with van der Waals surface area (Å²) in [4.78, 5) is 18.8. The van der Waals surface area contributed by atoms with Crippen LogP contribution in [0.2, 0.25) is 0 Å². The first-order valence-corrected chi connectivity index (χ1v) is 20.0. The Bertz CT molecular complexity index is 2630. The maximum absolute atomic E-state index is 13.8. The molecule has 58 heavy (non-hydrogen) atoms. The molecule has 2 aromatic heterocycles. The highest BCUT2D eigenvalue weighted by Gasteiger charge is 2.40. The predicted molar refractivity (Wildman–Crippen MR) is 224 cm³/mol. The molecule has 2 aliphatic rings. The van der Waals surface area contributed by atoms with E-state index in [2.05, 4.69) is 96.3 Å². The second kappa shape index (κ2) is 15.0. The van der Waals surface area contributed by atoms with E-state index in [1.54, 1.807) is 6.07 Å². The van der Waals surface area contributed by atoms with Crippen LogP contribution in [-0.4, -0.2) is 48.3 Å². The summed E-state index contributed by atoms with van der Waals surface area (Å²) in [5.41, 5.74) is 8.17. The van der Waals surface area contributed by atoms with Gasteiger partial charge in [-0.3, -0.25) is 4.79 Å². The lowest BCUT2D eigenvalue weighted by molar-refractivity contribution is -0.0365. The van der Waals surface area contributed by atoms with Gasteiger partial charge in [-0.15, -0.1) is 5.10 Å². The molecular formula is C49H42N6O3. The second-order valence-electron chi connectivity index (χ2n) is 15.2. The van der Waals surface area contributed by atoms with Crippen molar-refractivity contribution < 1.29 is 14.6 Å². The van der Waals surface area contributed by atoms with E-state index in [0.29, 0.717) is 24.4 Å². The Hall–Kier alpha value is -6.68. The van der Waals surface area contributed by atoms with E-state index in [9.17, 15) is 9.90 Å². The molecule has 1 fully saturated rings. The standard InChI is InChI=1S/C49H42N6O3/c56-43-31-33-15-10-11-24-40(33)46(43)51-48(57)36-17-14-16-34(29-36)45-41-30-35(26-27-42(41)55(52-45)44-25-12-13-28-58-44)47-50-32-54(53-47)49(37-18-4-1-5-19-37,38-20-6-2-7-21-38)39-22-8-3-9-23-39/h1-11,14-24,26-27,29-30,32,43-44,46,56H,12-13,25,28,31H2,(H,51,57)/t43-,44?,46+/m1/s1. The Morgan fingerprint density at radius 2 is 1.41 bits per heavy atom. The molecule has 286 valence electrons. The van der Waals surface area contributed by atoms with Gasteiger partial charge >= 0.3 is 0 Å². The number of amides is 1. The summed E-state index contributed by atoms with van der Waals surface area (Å²) in [5, 5.41) is 25.4. The zero-order valence-electron chi connectivity index (χ0n) is 31.9. The number of aliphatic hydroxyl groups is 1. The highest BCUT2D eigenvalue weighted by Crippen LogP contribution is 2.41. The van der Waals surface area contributed by atoms with Crippen molar-refractivity contribution in [1.29, 1.82) is 0 Å². The summed E-state index contributed by atoms with van der Waals surface area (Å²) in [7, 11) is 0. The number of nitrogens with one attached hydrogen (secondary N) is 1. The maximum atomic E-state index is 13.8. The lowest BCUT2D eigenvalue weighted by Crippen LogP contribution is -2.38. The monoisotopic (exact) mass is 762 g/mol. The van der Waals surface area contributed by atoms with Crippen LogP contribution < -0.4 is 5.32 Å². The average Bonchev–Trinajstić information content (AvgIpc) is 4.01. The van der Waals surface area contributed by atoms with E-state index in [1.807, 2.05) is 76.4 Å². The van der Waals surface area contributed by atoms with Crippen molar-refractivity contribution in [3.8, 4) is 22.6 Å². The molecule has 1 unspecified atom stereocenters. The fourth-order valence-corrected chi connectivity index (χ4v) is 8.90. The van der Waals surface area contributed by atoms with Crippen molar-refractivity contribution in [2.45, 2.75) is 49.6 Å². The highest BCUT2D eigenvalue weighted by molar-refractivity contribution is 5.99. The minimum atomic E-state index is -0.800. The number of aliphatic hydroxyl groups excluding tert-OH is 1. The molecule has 3 heterocycles. The van der Waals surface area contributed by atoms with Crippen molar-refractivity contribution in [2.24, 2.45) is 0 Å². The normalized spacial score (nSPS) is 17.9. The molecule has 2 N–H and O–H groups in total. The molecule has 0 saturated carbocycles. The number of hydrogen-bond acceptors (Lipinski definition) is 6. The van der Waals surface area contributed by atoms with E-state index >= 15 is 0 Å². The number of carbonyl (C=O) groups excluding carboxylic acids is 1. The summed E-state index contributed by atoms with van der Waals surface area (Å²) in [6.45, 7) is 0.679. The van der Waals surface area contributed by atoms with Crippen molar-refractivity contribution in [2.75, 3.05) is 6.61 Å². The van der Waals surface area contributed by atoms with Crippen LogP contribution in [0.4, 0.5) is 0 Å². The molecule has 0 bridgehead atoms. The third-order valence-electron chi connectivity index (χ3n) is 11.7. The molecular weight excluding hydrogens is 721 g/mol. The first kappa shape index (κ1) is 35.7. The minimum Gasteiger partial charge on any atom is -0.390 e. The van der Waals surface area contributed by atoms with Gasteiger partial charge < -0.3 is 15.2 Å². The number of fused-ring (bicyclic) bond motifs is 2. The van der Waals surface area contributed by atoms with Crippen LogP contribution in [0.15, 0.2) is 164 Å². The summed E-state index contributed by atoms with van der Waals surface area (Å²) < 4.78 is 10.2. The molecule has 9 heteroatoms. The highest BCUT2D eigenvalue weighted by atomic mass is 16.5. The van der Waals surface area contributed by atoms with E-state index < -0.39 is 17.7 Å². The molecule has 6 aromatic carbocycles. The molecule has 1 aliphatic carbocycles. The van der Waals surface area contributed by atoms with E-state index in [-0.39, 0.29) is 12.1 Å². The molecule has 3 atom stereocenters. The Labute approximate surface area is 336 Å². The van der Waals surface area contributed by atoms with E-state index in [4.69, 9.17) is 19.9 Å². The van der Waals surface area contributed by atoms with Crippen LogP contribution >= 0.6 is 0 Å². The molecule has 0 radical (unpaired) electrons. The molecule has 10 rings (SSSR count). The van der Waals surface area contributed by atoms with Gasteiger partial charge in [0.25, 0.3) is 5.91 Å². The quantitative estimate of drug-likeness (QED) is 0.142. The number of aromatic nitrogens is 5.